The number of thiazole rings is 1. The highest BCUT2D eigenvalue weighted by Crippen LogP contribution is 2.29. The average Bonchev–Trinajstić information content (AvgIpc) is 3.59. The summed E-state index contributed by atoms with van der Waals surface area (Å²) in [6, 6.07) is 8.04. The van der Waals surface area contributed by atoms with Crippen LogP contribution in [0, 0.1) is 0 Å². The molecule has 3 aromatic rings. The fraction of sp³-hybridized carbons (Fsp3) is 0.464. The summed E-state index contributed by atoms with van der Waals surface area (Å²) in [6.45, 7) is 3.18. The topological polar surface area (TPSA) is 215 Å². The molecular weight excluding hydrogens is 642 g/mol. The number of hydrogen-bond acceptors (Lipinski definition) is 10. The standard InChI is InChI=1S/C28H37N7O9S2/c1-28(2,3)44-25(40)29-10-6-7-19-13-18-14-34(27(41)35(17-36)24(18)31-19)15-22(37)33(16-23(38)39)12-11-30-46(42,43)26-32-20-8-4-5-9-21(20)45-26/h4-5,8-9,13,30-31,36H,6-7,10-12,14-17H2,1-3H3,(H,29,40)(H,38,39). The number of rotatable bonds is 14. The Morgan fingerprint density at radius 3 is 2.61 bits per heavy atom. The van der Waals surface area contributed by atoms with E-state index in [1.165, 1.54) is 4.90 Å². The first kappa shape index (κ1) is 34.6. The van der Waals surface area contributed by atoms with Crippen molar-refractivity contribution in [1.29, 1.82) is 0 Å². The summed E-state index contributed by atoms with van der Waals surface area (Å²) in [4.78, 5) is 60.2. The Kier molecular flexibility index (Phi) is 10.9. The molecule has 0 atom stereocenters. The Balaban J connectivity index is 1.35. The van der Waals surface area contributed by atoms with Crippen LogP contribution in [0.2, 0.25) is 0 Å². The molecule has 16 nitrogen and oxygen atoms in total. The van der Waals surface area contributed by atoms with E-state index >= 15 is 0 Å². The number of urea groups is 1. The molecule has 0 radical (unpaired) electrons. The minimum atomic E-state index is -4.03. The Bertz CT molecular complexity index is 1670. The molecule has 18 heteroatoms. The first-order valence-corrected chi connectivity index (χ1v) is 16.7. The van der Waals surface area contributed by atoms with Gasteiger partial charge in [0, 0.05) is 30.9 Å². The Morgan fingerprint density at radius 1 is 1.20 bits per heavy atom. The largest absolute Gasteiger partial charge is 0.480 e. The van der Waals surface area contributed by atoms with Crippen molar-refractivity contribution in [3.05, 3.63) is 41.6 Å². The van der Waals surface area contributed by atoms with E-state index in [4.69, 9.17) is 4.74 Å². The summed E-state index contributed by atoms with van der Waals surface area (Å²) in [5.74, 6) is -1.67. The molecule has 0 fully saturated rings. The number of alkyl carbamates (subject to hydrolysis) is 1. The predicted octanol–water partition coefficient (Wildman–Crippen LogP) is 1.67. The Labute approximate surface area is 269 Å². The summed E-state index contributed by atoms with van der Waals surface area (Å²) in [5.41, 5.74) is 1.27. The molecule has 46 heavy (non-hydrogen) atoms. The molecule has 4 rings (SSSR count). The number of nitrogens with one attached hydrogen (secondary N) is 3. The van der Waals surface area contributed by atoms with Crippen molar-refractivity contribution < 1.29 is 42.5 Å². The number of nitrogens with zero attached hydrogens (tertiary/aromatic N) is 4. The van der Waals surface area contributed by atoms with Crippen LogP contribution in [0.25, 0.3) is 10.2 Å². The molecule has 2 aromatic heterocycles. The number of aromatic amines is 1. The molecule has 0 saturated carbocycles. The lowest BCUT2D eigenvalue weighted by molar-refractivity contribution is -0.144. The first-order valence-electron chi connectivity index (χ1n) is 14.4. The van der Waals surface area contributed by atoms with Crippen LogP contribution in [0.1, 0.15) is 38.4 Å². The molecule has 4 amide bonds. The van der Waals surface area contributed by atoms with E-state index in [0.29, 0.717) is 41.0 Å². The quantitative estimate of drug-likeness (QED) is 0.155. The molecule has 0 spiro atoms. The SMILES string of the molecule is CC(C)(C)OC(=O)NCCCc1cc2c([nH]1)N(CO)C(=O)N(CC(=O)N(CCNS(=O)(=O)c1nc3ccccc3s1)CC(=O)O)C2. The second-order valence-corrected chi connectivity index (χ2v) is 14.4. The number of fused-ring (bicyclic) bond motifs is 2. The lowest BCUT2D eigenvalue weighted by Gasteiger charge is -2.34. The van der Waals surface area contributed by atoms with Gasteiger partial charge >= 0.3 is 18.1 Å². The van der Waals surface area contributed by atoms with E-state index in [0.717, 1.165) is 26.8 Å². The van der Waals surface area contributed by atoms with Gasteiger partial charge in [0.2, 0.25) is 10.2 Å². The van der Waals surface area contributed by atoms with Crippen LogP contribution in [-0.2, 0) is 37.3 Å². The van der Waals surface area contributed by atoms with Crippen molar-refractivity contribution in [3.63, 3.8) is 0 Å². The number of carbonyl (C=O) groups is 4. The van der Waals surface area contributed by atoms with Gasteiger partial charge in [-0.3, -0.25) is 14.5 Å². The number of aliphatic hydroxyl groups is 1. The molecule has 250 valence electrons. The van der Waals surface area contributed by atoms with Crippen LogP contribution in [0.4, 0.5) is 15.4 Å². The fourth-order valence-electron chi connectivity index (χ4n) is 4.68. The van der Waals surface area contributed by atoms with Crippen LogP contribution >= 0.6 is 11.3 Å². The molecule has 0 saturated heterocycles. The van der Waals surface area contributed by atoms with Gasteiger partial charge in [-0.15, -0.1) is 11.3 Å². The van der Waals surface area contributed by atoms with E-state index in [9.17, 15) is 37.8 Å². The average molecular weight is 680 g/mol. The van der Waals surface area contributed by atoms with Crippen LogP contribution in [0.5, 0.6) is 0 Å². The molecule has 3 heterocycles. The van der Waals surface area contributed by atoms with Crippen molar-refractivity contribution in [2.24, 2.45) is 0 Å². The number of ether oxygens (including phenoxy) is 1. The van der Waals surface area contributed by atoms with E-state index in [-0.39, 0.29) is 24.0 Å². The lowest BCUT2D eigenvalue weighted by atomic mass is 10.2. The van der Waals surface area contributed by atoms with Gasteiger partial charge in [-0.1, -0.05) is 12.1 Å². The lowest BCUT2D eigenvalue weighted by Crippen LogP contribution is -2.52. The van der Waals surface area contributed by atoms with Crippen molar-refractivity contribution in [3.8, 4) is 0 Å². The highest BCUT2D eigenvalue weighted by molar-refractivity contribution is 7.91. The third kappa shape index (κ3) is 8.93. The zero-order chi connectivity index (χ0) is 33.6. The van der Waals surface area contributed by atoms with E-state index < -0.39 is 59.4 Å². The molecule has 1 aliphatic heterocycles. The number of aromatic nitrogens is 2. The molecule has 0 bridgehead atoms. The number of benzene rings is 1. The predicted molar refractivity (Wildman–Crippen MR) is 168 cm³/mol. The van der Waals surface area contributed by atoms with Crippen molar-refractivity contribution in [2.75, 3.05) is 44.4 Å². The van der Waals surface area contributed by atoms with Crippen LogP contribution in [-0.4, -0.2) is 107 Å². The molecule has 1 aliphatic rings. The molecule has 0 unspecified atom stereocenters. The summed E-state index contributed by atoms with van der Waals surface area (Å²) in [7, 11) is -4.03. The summed E-state index contributed by atoms with van der Waals surface area (Å²) in [5, 5.41) is 22.0. The maximum absolute atomic E-state index is 13.2. The third-order valence-electron chi connectivity index (χ3n) is 6.68. The van der Waals surface area contributed by atoms with Crippen molar-refractivity contribution >= 4 is 61.4 Å². The number of para-hydroxylation sites is 1. The third-order valence-corrected chi connectivity index (χ3v) is 9.55. The number of amides is 4. The number of aliphatic hydroxyl groups excluding tert-OH is 1. The minimum absolute atomic E-state index is 0.00815. The van der Waals surface area contributed by atoms with E-state index in [1.54, 1.807) is 51.1 Å². The second kappa shape index (κ2) is 14.4. The zero-order valence-corrected chi connectivity index (χ0v) is 27.2. The van der Waals surface area contributed by atoms with Crippen molar-refractivity contribution in [2.45, 2.75) is 50.1 Å². The van der Waals surface area contributed by atoms with Gasteiger partial charge in [0.25, 0.3) is 10.0 Å². The maximum Gasteiger partial charge on any atom is 0.407 e. The number of H-pyrrole nitrogens is 1. The molecule has 5 N–H and O–H groups in total. The summed E-state index contributed by atoms with van der Waals surface area (Å²) >= 11 is 0.980. The number of aliphatic carboxylic acids is 1. The minimum Gasteiger partial charge on any atom is -0.480 e. The Hall–Kier alpha value is -4.26. The van der Waals surface area contributed by atoms with Crippen LogP contribution < -0.4 is 14.9 Å². The number of carbonyl (C=O) groups excluding carboxylic acids is 3. The number of carboxylic acid groups (broad SMARTS) is 1. The van der Waals surface area contributed by atoms with Gasteiger partial charge in [-0.05, 0) is 51.8 Å². The van der Waals surface area contributed by atoms with Crippen LogP contribution in [0.15, 0.2) is 34.7 Å². The van der Waals surface area contributed by atoms with Crippen LogP contribution in [0.3, 0.4) is 0 Å². The van der Waals surface area contributed by atoms with Gasteiger partial charge in [0.1, 0.15) is 31.2 Å². The van der Waals surface area contributed by atoms with Gasteiger partial charge < -0.3 is 35.1 Å². The smallest absolute Gasteiger partial charge is 0.407 e. The monoisotopic (exact) mass is 679 g/mol. The number of anilines is 1. The van der Waals surface area contributed by atoms with Gasteiger partial charge in [-0.2, -0.15) is 0 Å². The number of hydrogen-bond donors (Lipinski definition) is 5. The van der Waals surface area contributed by atoms with Gasteiger partial charge in [0.15, 0.2) is 0 Å². The zero-order valence-electron chi connectivity index (χ0n) is 25.6. The second-order valence-electron chi connectivity index (χ2n) is 11.5. The Morgan fingerprint density at radius 2 is 1.93 bits per heavy atom. The summed E-state index contributed by atoms with van der Waals surface area (Å²) in [6.07, 6.45) is 0.535. The molecule has 0 aliphatic carbocycles. The van der Waals surface area contributed by atoms with Gasteiger partial charge in [0.05, 0.1) is 16.8 Å². The first-order chi connectivity index (χ1) is 21.7. The number of carboxylic acids is 1. The normalized spacial score (nSPS) is 13.5. The van der Waals surface area contributed by atoms with E-state index in [2.05, 4.69) is 20.0 Å². The maximum atomic E-state index is 13.2. The molecular formula is C28H37N7O9S2. The van der Waals surface area contributed by atoms with Gasteiger partial charge in [-0.25, -0.2) is 27.7 Å². The van der Waals surface area contributed by atoms with E-state index in [1.807, 2.05) is 0 Å². The highest BCUT2D eigenvalue weighted by Gasteiger charge is 2.34. The highest BCUT2D eigenvalue weighted by atomic mass is 32.2. The van der Waals surface area contributed by atoms with Crippen molar-refractivity contribution in [1.82, 2.24) is 29.8 Å². The number of sulfonamides is 1. The number of aryl methyl sites for hydroxylation is 1. The summed E-state index contributed by atoms with van der Waals surface area (Å²) < 4.78 is 33.7. The fourth-order valence-corrected chi connectivity index (χ4v) is 6.97. The molecule has 1 aromatic carbocycles.